The molecule has 21 heavy (non-hydrogen) atoms. The Morgan fingerprint density at radius 1 is 1.19 bits per heavy atom. The minimum absolute atomic E-state index is 0.216. The summed E-state index contributed by atoms with van der Waals surface area (Å²) < 4.78 is 33.8. The third-order valence-corrected chi connectivity index (χ3v) is 3.51. The van der Waals surface area contributed by atoms with Crippen LogP contribution in [-0.4, -0.2) is 16.7 Å². The van der Waals surface area contributed by atoms with Crippen molar-refractivity contribution in [2.45, 2.75) is 13.5 Å². The highest BCUT2D eigenvalue weighted by Gasteiger charge is 2.11. The number of rotatable bonds is 3. The number of ether oxygens (including phenoxy) is 1. The lowest BCUT2D eigenvalue weighted by molar-refractivity contribution is 0.415. The summed E-state index contributed by atoms with van der Waals surface area (Å²) in [6.45, 7) is 2.20. The molecule has 0 bridgehead atoms. The minimum atomic E-state index is -0.671. The molecule has 0 aliphatic heterocycles. The molecule has 3 aromatic rings. The van der Waals surface area contributed by atoms with Gasteiger partial charge in [-0.1, -0.05) is 0 Å². The first kappa shape index (κ1) is 13.5. The maximum absolute atomic E-state index is 13.8. The maximum Gasteiger partial charge on any atom is 0.149 e. The van der Waals surface area contributed by atoms with Crippen molar-refractivity contribution in [2.75, 3.05) is 7.11 Å². The van der Waals surface area contributed by atoms with E-state index in [1.54, 1.807) is 7.11 Å². The molecule has 5 heteroatoms. The van der Waals surface area contributed by atoms with E-state index in [9.17, 15) is 8.78 Å². The molecule has 2 aromatic heterocycles. The molecule has 0 fully saturated rings. The van der Waals surface area contributed by atoms with E-state index in [0.717, 1.165) is 34.6 Å². The van der Waals surface area contributed by atoms with E-state index in [1.807, 2.05) is 35.8 Å². The summed E-state index contributed by atoms with van der Waals surface area (Å²) in [4.78, 5) is 3.84. The molecule has 0 amide bonds. The molecule has 0 atom stereocenters. The van der Waals surface area contributed by atoms with Crippen molar-refractivity contribution in [1.82, 2.24) is 9.55 Å². The second kappa shape index (κ2) is 5.16. The van der Waals surface area contributed by atoms with E-state index in [4.69, 9.17) is 4.74 Å². The van der Waals surface area contributed by atoms with Gasteiger partial charge in [-0.05, 0) is 31.2 Å². The number of methoxy groups -OCH3 is 1. The number of aryl methyl sites for hydroxylation is 1. The van der Waals surface area contributed by atoms with E-state index >= 15 is 0 Å². The summed E-state index contributed by atoms with van der Waals surface area (Å²) in [7, 11) is 1.61. The Balaban J connectivity index is 2.06. The number of hydrogen-bond donors (Lipinski definition) is 0. The Bertz CT molecular complexity index is 811. The van der Waals surface area contributed by atoms with Crippen molar-refractivity contribution >= 4 is 10.9 Å². The minimum Gasteiger partial charge on any atom is -0.497 e. The lowest BCUT2D eigenvalue weighted by atomic mass is 10.2. The highest BCUT2D eigenvalue weighted by atomic mass is 19.1. The van der Waals surface area contributed by atoms with E-state index in [-0.39, 0.29) is 12.2 Å². The van der Waals surface area contributed by atoms with Crippen LogP contribution in [0.2, 0.25) is 0 Å². The van der Waals surface area contributed by atoms with Crippen molar-refractivity contribution in [3.05, 3.63) is 59.6 Å². The Labute approximate surface area is 120 Å². The van der Waals surface area contributed by atoms with Crippen molar-refractivity contribution in [3.63, 3.8) is 0 Å². The van der Waals surface area contributed by atoms with E-state index in [2.05, 4.69) is 4.98 Å². The molecule has 3 rings (SSSR count). The summed E-state index contributed by atoms with van der Waals surface area (Å²) in [6, 6.07) is 8.55. The van der Waals surface area contributed by atoms with Gasteiger partial charge in [-0.25, -0.2) is 8.78 Å². The standard InChI is InChI=1S/C16H14F2N2O/c1-10-5-11-6-13(21-2)3-4-16(11)20(10)9-15-14(18)7-12(17)8-19-15/h3-8H,9H2,1-2H3. The molecule has 3 nitrogen and oxygen atoms in total. The van der Waals surface area contributed by atoms with Gasteiger partial charge in [-0.15, -0.1) is 0 Å². The Morgan fingerprint density at radius 3 is 2.71 bits per heavy atom. The summed E-state index contributed by atoms with van der Waals surface area (Å²) in [6.07, 6.45) is 1.03. The highest BCUT2D eigenvalue weighted by Crippen LogP contribution is 2.25. The molecular formula is C16H14F2N2O. The number of fused-ring (bicyclic) bond motifs is 1. The van der Waals surface area contributed by atoms with E-state index in [0.29, 0.717) is 0 Å². The second-order valence-electron chi connectivity index (χ2n) is 4.88. The van der Waals surface area contributed by atoms with Crippen LogP contribution in [0.3, 0.4) is 0 Å². The Kier molecular flexibility index (Phi) is 3.33. The number of benzene rings is 1. The number of nitrogens with zero attached hydrogens (tertiary/aromatic N) is 2. The van der Waals surface area contributed by atoms with E-state index < -0.39 is 11.6 Å². The van der Waals surface area contributed by atoms with Crippen LogP contribution in [0.4, 0.5) is 8.78 Å². The van der Waals surface area contributed by atoms with Gasteiger partial charge in [0.05, 0.1) is 25.5 Å². The normalized spacial score (nSPS) is 11.0. The average Bonchev–Trinajstić information content (AvgIpc) is 2.77. The first-order valence-electron chi connectivity index (χ1n) is 6.52. The SMILES string of the molecule is COc1ccc2c(c1)cc(C)n2Cc1ncc(F)cc1F. The summed E-state index contributed by atoms with van der Waals surface area (Å²) in [5.41, 5.74) is 2.15. The maximum atomic E-state index is 13.8. The average molecular weight is 288 g/mol. The fraction of sp³-hybridized carbons (Fsp3) is 0.188. The second-order valence-corrected chi connectivity index (χ2v) is 4.88. The molecule has 1 aromatic carbocycles. The van der Waals surface area contributed by atoms with Crippen LogP contribution >= 0.6 is 0 Å². The van der Waals surface area contributed by atoms with Crippen LogP contribution in [0.15, 0.2) is 36.5 Å². The smallest absolute Gasteiger partial charge is 0.149 e. The van der Waals surface area contributed by atoms with Crippen LogP contribution < -0.4 is 4.74 Å². The first-order valence-corrected chi connectivity index (χ1v) is 6.52. The molecule has 0 aliphatic carbocycles. The van der Waals surface area contributed by atoms with Gasteiger partial charge >= 0.3 is 0 Å². The van der Waals surface area contributed by atoms with Gasteiger partial charge in [0.1, 0.15) is 17.4 Å². The number of hydrogen-bond acceptors (Lipinski definition) is 2. The quantitative estimate of drug-likeness (QED) is 0.735. The zero-order valence-corrected chi connectivity index (χ0v) is 11.7. The molecule has 108 valence electrons. The van der Waals surface area contributed by atoms with Gasteiger partial charge < -0.3 is 9.30 Å². The van der Waals surface area contributed by atoms with E-state index in [1.165, 1.54) is 0 Å². The van der Waals surface area contributed by atoms with Gasteiger partial charge in [0.2, 0.25) is 0 Å². The number of halogens is 2. The first-order chi connectivity index (χ1) is 10.1. The van der Waals surface area contributed by atoms with Crippen LogP contribution in [0.5, 0.6) is 5.75 Å². The molecule has 0 aliphatic rings. The molecule has 0 saturated carbocycles. The van der Waals surface area contributed by atoms with Gasteiger partial charge in [0.25, 0.3) is 0 Å². The van der Waals surface area contributed by atoms with Crippen LogP contribution in [-0.2, 0) is 6.54 Å². The monoisotopic (exact) mass is 288 g/mol. The predicted octanol–water partition coefficient (Wildman–Crippen LogP) is 3.68. The third-order valence-electron chi connectivity index (χ3n) is 3.51. The van der Waals surface area contributed by atoms with Gasteiger partial charge in [0.15, 0.2) is 0 Å². The van der Waals surface area contributed by atoms with Gasteiger partial charge in [-0.2, -0.15) is 0 Å². The fourth-order valence-corrected chi connectivity index (χ4v) is 2.43. The summed E-state index contributed by atoms with van der Waals surface area (Å²) >= 11 is 0. The van der Waals surface area contributed by atoms with Crippen molar-refractivity contribution < 1.29 is 13.5 Å². The lowest BCUT2D eigenvalue weighted by Crippen LogP contribution is -2.06. The Hall–Kier alpha value is -2.43. The fourth-order valence-electron chi connectivity index (χ4n) is 2.43. The Morgan fingerprint density at radius 2 is 2.00 bits per heavy atom. The molecular weight excluding hydrogens is 274 g/mol. The van der Waals surface area contributed by atoms with Crippen molar-refractivity contribution in [2.24, 2.45) is 0 Å². The van der Waals surface area contributed by atoms with Gasteiger partial charge in [-0.3, -0.25) is 4.98 Å². The highest BCUT2D eigenvalue weighted by molar-refractivity contribution is 5.83. The number of aromatic nitrogens is 2. The van der Waals surface area contributed by atoms with Crippen LogP contribution in [0.25, 0.3) is 10.9 Å². The summed E-state index contributed by atoms with van der Waals surface area (Å²) in [5, 5.41) is 1.01. The molecule has 0 spiro atoms. The molecule has 0 radical (unpaired) electrons. The zero-order chi connectivity index (χ0) is 15.0. The van der Waals surface area contributed by atoms with Crippen molar-refractivity contribution in [3.8, 4) is 5.75 Å². The van der Waals surface area contributed by atoms with Crippen LogP contribution in [0, 0.1) is 18.6 Å². The summed E-state index contributed by atoms with van der Waals surface area (Å²) in [5.74, 6) is -0.537. The van der Waals surface area contributed by atoms with Gasteiger partial charge in [0, 0.05) is 22.7 Å². The molecule has 0 unspecified atom stereocenters. The molecule has 2 heterocycles. The third kappa shape index (κ3) is 2.46. The predicted molar refractivity (Wildman–Crippen MR) is 76.5 cm³/mol. The van der Waals surface area contributed by atoms with Crippen LogP contribution in [0.1, 0.15) is 11.4 Å². The molecule has 0 N–H and O–H groups in total. The topological polar surface area (TPSA) is 27.1 Å². The zero-order valence-electron chi connectivity index (χ0n) is 11.7. The number of pyridine rings is 1. The largest absolute Gasteiger partial charge is 0.497 e. The lowest BCUT2D eigenvalue weighted by Gasteiger charge is -2.09. The van der Waals surface area contributed by atoms with Crippen molar-refractivity contribution in [1.29, 1.82) is 0 Å². The molecule has 0 saturated heterocycles.